The van der Waals surface area contributed by atoms with Crippen LogP contribution in [0.5, 0.6) is 0 Å². The predicted molar refractivity (Wildman–Crippen MR) is 93.7 cm³/mol. The van der Waals surface area contributed by atoms with E-state index in [4.69, 9.17) is 5.26 Å². The molecular formula is C21H29N. The van der Waals surface area contributed by atoms with Crippen LogP contribution in [0, 0.1) is 23.2 Å². The van der Waals surface area contributed by atoms with Gasteiger partial charge in [-0.05, 0) is 54.7 Å². The second-order valence-corrected chi connectivity index (χ2v) is 6.79. The number of allylic oxidation sites excluding steroid dienone is 1. The monoisotopic (exact) mass is 295 g/mol. The van der Waals surface area contributed by atoms with Crippen LogP contribution in [0.25, 0.3) is 0 Å². The van der Waals surface area contributed by atoms with Crippen LogP contribution >= 0.6 is 0 Å². The van der Waals surface area contributed by atoms with Gasteiger partial charge in [0.1, 0.15) is 0 Å². The summed E-state index contributed by atoms with van der Waals surface area (Å²) in [5.74, 6) is 2.32. The Labute approximate surface area is 136 Å². The molecule has 1 fully saturated rings. The van der Waals surface area contributed by atoms with Gasteiger partial charge in [-0.1, -0.05) is 57.2 Å². The van der Waals surface area contributed by atoms with Crippen molar-refractivity contribution in [2.24, 2.45) is 11.8 Å². The largest absolute Gasteiger partial charge is 0.192 e. The molecule has 1 aromatic carbocycles. The van der Waals surface area contributed by atoms with Gasteiger partial charge in [0.15, 0.2) is 0 Å². The van der Waals surface area contributed by atoms with Crippen LogP contribution in [0.4, 0.5) is 0 Å². The zero-order valence-corrected chi connectivity index (χ0v) is 13.9. The average Bonchev–Trinajstić information content (AvgIpc) is 2.58. The molecule has 1 atom stereocenters. The molecule has 1 nitrogen and oxygen atoms in total. The van der Waals surface area contributed by atoms with Crippen LogP contribution in [-0.2, 0) is 0 Å². The topological polar surface area (TPSA) is 23.8 Å². The van der Waals surface area contributed by atoms with Crippen molar-refractivity contribution in [3.63, 3.8) is 0 Å². The second-order valence-electron chi connectivity index (χ2n) is 6.79. The Kier molecular flexibility index (Phi) is 6.72. The molecule has 118 valence electrons. The van der Waals surface area contributed by atoms with E-state index in [1.165, 1.54) is 50.5 Å². The normalized spacial score (nSPS) is 22.7. The first-order valence-electron chi connectivity index (χ1n) is 8.89. The van der Waals surface area contributed by atoms with Crippen molar-refractivity contribution in [2.45, 2.75) is 64.2 Å². The number of hydrogen-bond donors (Lipinski definition) is 0. The molecule has 1 heteroatoms. The van der Waals surface area contributed by atoms with E-state index in [9.17, 15) is 0 Å². The van der Waals surface area contributed by atoms with Crippen molar-refractivity contribution >= 4 is 0 Å². The van der Waals surface area contributed by atoms with E-state index in [1.807, 2.05) is 12.1 Å². The highest BCUT2D eigenvalue weighted by Gasteiger charge is 2.27. The van der Waals surface area contributed by atoms with Crippen molar-refractivity contribution in [3.8, 4) is 6.07 Å². The molecule has 1 aliphatic rings. The van der Waals surface area contributed by atoms with E-state index in [0.29, 0.717) is 5.92 Å². The van der Waals surface area contributed by atoms with E-state index < -0.39 is 0 Å². The number of nitriles is 1. The van der Waals surface area contributed by atoms with Gasteiger partial charge in [0.25, 0.3) is 0 Å². The molecule has 22 heavy (non-hydrogen) atoms. The van der Waals surface area contributed by atoms with Gasteiger partial charge in [0, 0.05) is 0 Å². The van der Waals surface area contributed by atoms with Gasteiger partial charge in [-0.15, -0.1) is 6.58 Å². The molecule has 0 spiro atoms. The summed E-state index contributed by atoms with van der Waals surface area (Å²) >= 11 is 0. The highest BCUT2D eigenvalue weighted by atomic mass is 14.3. The van der Waals surface area contributed by atoms with Gasteiger partial charge in [0.05, 0.1) is 11.6 Å². The van der Waals surface area contributed by atoms with Crippen LogP contribution in [0.1, 0.15) is 75.3 Å². The standard InChI is InChI=1S/C21H29N/c1-3-5-7-17-8-12-19(13-9-17)21(6-4-2)20-14-10-18(16-22)11-15-20/h4,10-11,14-15,17,19,21H,2-3,5-9,12-13H2,1H3. The van der Waals surface area contributed by atoms with Crippen LogP contribution in [0.15, 0.2) is 36.9 Å². The summed E-state index contributed by atoms with van der Waals surface area (Å²) in [5, 5.41) is 8.95. The Hall–Kier alpha value is -1.55. The molecule has 1 unspecified atom stereocenters. The Morgan fingerprint density at radius 2 is 1.91 bits per heavy atom. The maximum atomic E-state index is 8.95. The van der Waals surface area contributed by atoms with E-state index in [1.54, 1.807) is 0 Å². The molecule has 2 rings (SSSR count). The summed E-state index contributed by atoms with van der Waals surface area (Å²) in [6.07, 6.45) is 12.8. The molecule has 0 radical (unpaired) electrons. The van der Waals surface area contributed by atoms with Crippen molar-refractivity contribution in [3.05, 3.63) is 48.0 Å². The summed E-state index contributed by atoms with van der Waals surface area (Å²) in [5.41, 5.74) is 2.14. The Morgan fingerprint density at radius 3 is 2.45 bits per heavy atom. The minimum absolute atomic E-state index is 0.581. The third-order valence-corrected chi connectivity index (χ3v) is 5.31. The Balaban J connectivity index is 1.99. The molecule has 0 amide bonds. The molecule has 0 heterocycles. The van der Waals surface area contributed by atoms with Crippen molar-refractivity contribution in [1.29, 1.82) is 5.26 Å². The molecule has 0 N–H and O–H groups in total. The lowest BCUT2D eigenvalue weighted by Crippen LogP contribution is -2.20. The van der Waals surface area contributed by atoms with Gasteiger partial charge in [-0.25, -0.2) is 0 Å². The Bertz CT molecular complexity index is 486. The van der Waals surface area contributed by atoms with Gasteiger partial charge in [0.2, 0.25) is 0 Å². The molecule has 0 aliphatic heterocycles. The van der Waals surface area contributed by atoms with E-state index in [2.05, 4.69) is 37.8 Å². The lowest BCUT2D eigenvalue weighted by Gasteiger charge is -2.34. The van der Waals surface area contributed by atoms with Crippen LogP contribution in [-0.4, -0.2) is 0 Å². The maximum absolute atomic E-state index is 8.95. The van der Waals surface area contributed by atoms with Crippen LogP contribution in [0.3, 0.4) is 0 Å². The minimum atomic E-state index is 0.581. The molecule has 0 bridgehead atoms. The highest BCUT2D eigenvalue weighted by molar-refractivity contribution is 5.33. The summed E-state index contributed by atoms with van der Waals surface area (Å²) in [4.78, 5) is 0. The molecule has 0 aromatic heterocycles. The summed E-state index contributed by atoms with van der Waals surface area (Å²) in [6.45, 7) is 6.25. The summed E-state index contributed by atoms with van der Waals surface area (Å²) < 4.78 is 0. The molecule has 1 aliphatic carbocycles. The third kappa shape index (κ3) is 4.47. The molecular weight excluding hydrogens is 266 g/mol. The first kappa shape index (κ1) is 16.8. The van der Waals surface area contributed by atoms with E-state index in [0.717, 1.165) is 23.8 Å². The molecule has 0 saturated heterocycles. The van der Waals surface area contributed by atoms with Gasteiger partial charge < -0.3 is 0 Å². The minimum Gasteiger partial charge on any atom is -0.192 e. The van der Waals surface area contributed by atoms with Crippen molar-refractivity contribution in [2.75, 3.05) is 0 Å². The predicted octanol–water partition coefficient (Wildman–Crippen LogP) is 6.21. The lowest BCUT2D eigenvalue weighted by atomic mass is 9.71. The van der Waals surface area contributed by atoms with E-state index in [-0.39, 0.29) is 0 Å². The number of benzene rings is 1. The van der Waals surface area contributed by atoms with Crippen LogP contribution < -0.4 is 0 Å². The van der Waals surface area contributed by atoms with E-state index >= 15 is 0 Å². The Morgan fingerprint density at radius 1 is 1.23 bits per heavy atom. The second kappa shape index (κ2) is 8.79. The SMILES string of the molecule is C=CCC(c1ccc(C#N)cc1)C1CCC(CCCC)CC1. The van der Waals surface area contributed by atoms with Gasteiger partial charge >= 0.3 is 0 Å². The fourth-order valence-corrected chi connectivity index (χ4v) is 3.96. The molecule has 1 saturated carbocycles. The van der Waals surface area contributed by atoms with Crippen molar-refractivity contribution in [1.82, 2.24) is 0 Å². The lowest BCUT2D eigenvalue weighted by molar-refractivity contribution is 0.231. The van der Waals surface area contributed by atoms with Crippen LogP contribution in [0.2, 0.25) is 0 Å². The first-order valence-corrected chi connectivity index (χ1v) is 8.89. The zero-order chi connectivity index (χ0) is 15.8. The highest BCUT2D eigenvalue weighted by Crippen LogP contribution is 2.41. The summed E-state index contributed by atoms with van der Waals surface area (Å²) in [7, 11) is 0. The smallest absolute Gasteiger partial charge is 0.0991 e. The maximum Gasteiger partial charge on any atom is 0.0991 e. The number of unbranched alkanes of at least 4 members (excludes halogenated alkanes) is 1. The first-order chi connectivity index (χ1) is 10.8. The quantitative estimate of drug-likeness (QED) is 0.548. The fraction of sp³-hybridized carbons (Fsp3) is 0.571. The zero-order valence-electron chi connectivity index (χ0n) is 13.9. The fourth-order valence-electron chi connectivity index (χ4n) is 3.96. The number of hydrogen-bond acceptors (Lipinski definition) is 1. The van der Waals surface area contributed by atoms with Gasteiger partial charge in [-0.2, -0.15) is 5.26 Å². The number of nitrogens with zero attached hydrogens (tertiary/aromatic N) is 1. The summed E-state index contributed by atoms with van der Waals surface area (Å²) in [6, 6.07) is 10.4. The van der Waals surface area contributed by atoms with Crippen molar-refractivity contribution < 1.29 is 0 Å². The molecule has 1 aromatic rings. The number of rotatable bonds is 7. The van der Waals surface area contributed by atoms with Gasteiger partial charge in [-0.3, -0.25) is 0 Å². The average molecular weight is 295 g/mol. The third-order valence-electron chi connectivity index (χ3n) is 5.31.